The Bertz CT molecular complexity index is 412. The van der Waals surface area contributed by atoms with Crippen LogP contribution in [0, 0.1) is 6.92 Å². The van der Waals surface area contributed by atoms with Crippen molar-refractivity contribution in [2.24, 2.45) is 0 Å². The minimum absolute atomic E-state index is 0.0763. The highest BCUT2D eigenvalue weighted by molar-refractivity contribution is 5.43. The maximum atomic E-state index is 12.5. The molecule has 0 aromatic heterocycles. The summed E-state index contributed by atoms with van der Waals surface area (Å²) in [6, 6.07) is 5.61. The molecular formula is C13H18F2N2O. The highest BCUT2D eigenvalue weighted by atomic mass is 19.3. The number of nitrogens with zero attached hydrogens (tertiary/aromatic N) is 1. The van der Waals surface area contributed by atoms with Gasteiger partial charge in [-0.3, -0.25) is 4.90 Å². The number of para-hydroxylation sites is 1. The van der Waals surface area contributed by atoms with Crippen molar-refractivity contribution in [3.8, 4) is 5.75 Å². The minimum Gasteiger partial charge on any atom is -0.434 e. The van der Waals surface area contributed by atoms with Crippen molar-refractivity contribution < 1.29 is 13.5 Å². The van der Waals surface area contributed by atoms with Crippen LogP contribution in [0.15, 0.2) is 18.2 Å². The molecule has 0 saturated carbocycles. The summed E-state index contributed by atoms with van der Waals surface area (Å²) in [6.45, 7) is 1.57. The van der Waals surface area contributed by atoms with Gasteiger partial charge < -0.3 is 10.1 Å². The van der Waals surface area contributed by atoms with Crippen molar-refractivity contribution in [2.75, 3.05) is 26.7 Å². The molecule has 1 unspecified atom stereocenters. The third-order valence-corrected chi connectivity index (χ3v) is 3.32. The number of halogens is 2. The third-order valence-electron chi connectivity index (χ3n) is 3.32. The van der Waals surface area contributed by atoms with E-state index in [9.17, 15) is 8.78 Å². The molecule has 1 saturated heterocycles. The quantitative estimate of drug-likeness (QED) is 0.897. The van der Waals surface area contributed by atoms with Crippen LogP contribution < -0.4 is 10.1 Å². The molecule has 1 aromatic rings. The summed E-state index contributed by atoms with van der Waals surface area (Å²) in [4.78, 5) is 2.16. The van der Waals surface area contributed by atoms with Crippen LogP contribution in [-0.2, 0) is 0 Å². The molecule has 0 amide bonds. The molecule has 0 aliphatic carbocycles. The standard InChI is InChI=1S/C13H18F2N2O/c1-9-4-3-5-10(12(9)18-13(14)15)11-8-16-6-7-17(11)2/h3-5,11,13,16H,6-8H2,1-2H3. The lowest BCUT2D eigenvalue weighted by Crippen LogP contribution is -2.44. The molecule has 100 valence electrons. The van der Waals surface area contributed by atoms with Crippen LogP contribution >= 0.6 is 0 Å². The molecule has 3 nitrogen and oxygen atoms in total. The summed E-state index contributed by atoms with van der Waals surface area (Å²) in [7, 11) is 2.00. The first-order chi connectivity index (χ1) is 8.59. The maximum Gasteiger partial charge on any atom is 0.387 e. The van der Waals surface area contributed by atoms with Crippen molar-refractivity contribution in [1.29, 1.82) is 0 Å². The first kappa shape index (κ1) is 13.2. The fourth-order valence-corrected chi connectivity index (χ4v) is 2.34. The van der Waals surface area contributed by atoms with E-state index in [1.165, 1.54) is 0 Å². The van der Waals surface area contributed by atoms with Gasteiger partial charge in [-0.1, -0.05) is 18.2 Å². The molecule has 5 heteroatoms. The third kappa shape index (κ3) is 2.79. The number of likely N-dealkylation sites (N-methyl/N-ethyl adjacent to an activating group) is 1. The van der Waals surface area contributed by atoms with Crippen molar-refractivity contribution in [3.63, 3.8) is 0 Å². The van der Waals surface area contributed by atoms with E-state index in [2.05, 4.69) is 15.0 Å². The molecular weight excluding hydrogens is 238 g/mol. The highest BCUT2D eigenvalue weighted by Crippen LogP contribution is 2.33. The number of ether oxygens (including phenoxy) is 1. The molecule has 1 fully saturated rings. The van der Waals surface area contributed by atoms with Gasteiger partial charge in [0.15, 0.2) is 0 Å². The smallest absolute Gasteiger partial charge is 0.387 e. The van der Waals surface area contributed by atoms with Crippen LogP contribution in [0.4, 0.5) is 8.78 Å². The van der Waals surface area contributed by atoms with Gasteiger partial charge in [0.05, 0.1) is 6.04 Å². The summed E-state index contributed by atoms with van der Waals surface area (Å²) >= 11 is 0. The lowest BCUT2D eigenvalue weighted by atomic mass is 10.00. The Kier molecular flexibility index (Phi) is 4.14. The number of aryl methyl sites for hydroxylation is 1. The second-order valence-electron chi connectivity index (χ2n) is 4.57. The summed E-state index contributed by atoms with van der Waals surface area (Å²) in [5.41, 5.74) is 1.57. The largest absolute Gasteiger partial charge is 0.434 e. The number of nitrogens with one attached hydrogen (secondary N) is 1. The molecule has 1 aromatic carbocycles. The number of benzene rings is 1. The second-order valence-corrected chi connectivity index (χ2v) is 4.57. The van der Waals surface area contributed by atoms with Crippen molar-refractivity contribution in [1.82, 2.24) is 10.2 Å². The van der Waals surface area contributed by atoms with Crippen LogP contribution in [0.25, 0.3) is 0 Å². The number of hydrogen-bond donors (Lipinski definition) is 1. The van der Waals surface area contributed by atoms with Crippen LogP contribution in [0.3, 0.4) is 0 Å². The predicted molar refractivity (Wildman–Crippen MR) is 66.1 cm³/mol. The van der Waals surface area contributed by atoms with E-state index in [1.807, 2.05) is 19.2 Å². The average molecular weight is 256 g/mol. The van der Waals surface area contributed by atoms with Gasteiger partial charge in [-0.2, -0.15) is 8.78 Å². The Hall–Kier alpha value is -1.20. The lowest BCUT2D eigenvalue weighted by Gasteiger charge is -2.34. The fourth-order valence-electron chi connectivity index (χ4n) is 2.34. The maximum absolute atomic E-state index is 12.5. The van der Waals surface area contributed by atoms with Gasteiger partial charge in [0.25, 0.3) is 0 Å². The molecule has 0 radical (unpaired) electrons. The Balaban J connectivity index is 2.33. The molecule has 18 heavy (non-hydrogen) atoms. The molecule has 1 aliphatic rings. The van der Waals surface area contributed by atoms with Gasteiger partial charge in [-0.15, -0.1) is 0 Å². The molecule has 1 heterocycles. The summed E-state index contributed by atoms with van der Waals surface area (Å²) in [5, 5.41) is 3.28. The van der Waals surface area contributed by atoms with E-state index < -0.39 is 6.61 Å². The SMILES string of the molecule is Cc1cccc(C2CNCCN2C)c1OC(F)F. The zero-order chi connectivity index (χ0) is 13.1. The molecule has 0 bridgehead atoms. The minimum atomic E-state index is -2.79. The van der Waals surface area contributed by atoms with Gasteiger partial charge in [-0.05, 0) is 19.5 Å². The first-order valence-corrected chi connectivity index (χ1v) is 6.05. The zero-order valence-corrected chi connectivity index (χ0v) is 10.6. The Morgan fingerprint density at radius 1 is 1.44 bits per heavy atom. The fraction of sp³-hybridized carbons (Fsp3) is 0.538. The van der Waals surface area contributed by atoms with Gasteiger partial charge in [-0.25, -0.2) is 0 Å². The number of rotatable bonds is 3. The van der Waals surface area contributed by atoms with Crippen molar-refractivity contribution in [2.45, 2.75) is 19.6 Å². The summed E-state index contributed by atoms with van der Waals surface area (Å²) in [6.07, 6.45) is 0. The van der Waals surface area contributed by atoms with E-state index in [1.54, 1.807) is 13.0 Å². The van der Waals surface area contributed by atoms with Crippen molar-refractivity contribution in [3.05, 3.63) is 29.3 Å². The average Bonchev–Trinajstić information content (AvgIpc) is 2.32. The van der Waals surface area contributed by atoms with Gasteiger partial charge in [0, 0.05) is 25.2 Å². The summed E-state index contributed by atoms with van der Waals surface area (Å²) in [5.74, 6) is 0.313. The topological polar surface area (TPSA) is 24.5 Å². The monoisotopic (exact) mass is 256 g/mol. The molecule has 2 rings (SSSR count). The van der Waals surface area contributed by atoms with Crippen LogP contribution in [-0.4, -0.2) is 38.2 Å². The summed E-state index contributed by atoms with van der Waals surface area (Å²) < 4.78 is 29.7. The van der Waals surface area contributed by atoms with Crippen molar-refractivity contribution >= 4 is 0 Å². The Morgan fingerprint density at radius 2 is 2.22 bits per heavy atom. The lowest BCUT2D eigenvalue weighted by molar-refractivity contribution is -0.0516. The van der Waals surface area contributed by atoms with Gasteiger partial charge in [0.2, 0.25) is 0 Å². The first-order valence-electron chi connectivity index (χ1n) is 6.05. The van der Waals surface area contributed by atoms with Gasteiger partial charge >= 0.3 is 6.61 Å². The molecule has 1 atom stereocenters. The molecule has 1 N–H and O–H groups in total. The van der Waals surface area contributed by atoms with E-state index in [4.69, 9.17) is 0 Å². The highest BCUT2D eigenvalue weighted by Gasteiger charge is 2.25. The Morgan fingerprint density at radius 3 is 2.89 bits per heavy atom. The van der Waals surface area contributed by atoms with E-state index in [0.29, 0.717) is 5.75 Å². The molecule has 0 spiro atoms. The van der Waals surface area contributed by atoms with Crippen LogP contribution in [0.2, 0.25) is 0 Å². The van der Waals surface area contributed by atoms with Crippen LogP contribution in [0.1, 0.15) is 17.2 Å². The number of hydrogen-bond acceptors (Lipinski definition) is 3. The van der Waals surface area contributed by atoms with E-state index in [-0.39, 0.29) is 6.04 Å². The Labute approximate surface area is 106 Å². The molecule has 1 aliphatic heterocycles. The van der Waals surface area contributed by atoms with Crippen LogP contribution in [0.5, 0.6) is 5.75 Å². The zero-order valence-electron chi connectivity index (χ0n) is 10.6. The van der Waals surface area contributed by atoms with E-state index >= 15 is 0 Å². The number of alkyl halides is 2. The number of piperazine rings is 1. The normalized spacial score (nSPS) is 21.3. The second kappa shape index (κ2) is 5.63. The van der Waals surface area contributed by atoms with E-state index in [0.717, 1.165) is 30.8 Å². The predicted octanol–water partition coefficient (Wildman–Crippen LogP) is 2.17. The van der Waals surface area contributed by atoms with Gasteiger partial charge in [0.1, 0.15) is 5.75 Å².